The van der Waals surface area contributed by atoms with Crippen molar-refractivity contribution >= 4 is 53.1 Å². The quantitative estimate of drug-likeness (QED) is 0.161. The molecule has 0 aliphatic rings. The van der Waals surface area contributed by atoms with E-state index in [4.69, 9.17) is 0 Å². The highest BCUT2D eigenvalue weighted by Gasteiger charge is 2.18. The Hall–Kier alpha value is -6.28. The van der Waals surface area contributed by atoms with E-state index in [0.29, 0.717) is 0 Å². The standard InChI is InChI=1S/C50H32S/c1-3-13-33(14-4-1)35-17-12-20-40(30-35)50-43-23-8-7-22-42(43)49(34-15-5-2-6-16-34)46-32-38(25-27-44(46)50)36-18-11-19-37(29-36)39-26-28-48-45(31-39)41-21-9-10-24-47(41)51-48/h1-32H. The Balaban J connectivity index is 1.18. The van der Waals surface area contributed by atoms with Gasteiger partial charge in [0.25, 0.3) is 0 Å². The molecule has 0 aliphatic carbocycles. The fraction of sp³-hybridized carbons (Fsp3) is 0. The zero-order valence-corrected chi connectivity index (χ0v) is 28.7. The molecule has 0 nitrogen and oxygen atoms in total. The average molecular weight is 665 g/mol. The maximum absolute atomic E-state index is 2.42. The van der Waals surface area contributed by atoms with Crippen LogP contribution in [-0.2, 0) is 0 Å². The predicted molar refractivity (Wildman–Crippen MR) is 222 cm³/mol. The Kier molecular flexibility index (Phi) is 7.11. The van der Waals surface area contributed by atoms with Crippen molar-refractivity contribution in [1.82, 2.24) is 0 Å². The van der Waals surface area contributed by atoms with E-state index in [-0.39, 0.29) is 0 Å². The largest absolute Gasteiger partial charge is 0.135 e. The number of rotatable bonds is 5. The van der Waals surface area contributed by atoms with Gasteiger partial charge < -0.3 is 0 Å². The molecule has 10 aromatic rings. The SMILES string of the molecule is c1ccc(-c2cccc(-c3c4ccccc4c(-c4ccccc4)c4cc(-c5cccc(-c6ccc7sc8ccccc8c7c6)c5)ccc34)c2)cc1. The van der Waals surface area contributed by atoms with Crippen molar-refractivity contribution in [3.63, 3.8) is 0 Å². The van der Waals surface area contributed by atoms with Gasteiger partial charge in [0.05, 0.1) is 0 Å². The van der Waals surface area contributed by atoms with Crippen LogP contribution in [-0.4, -0.2) is 0 Å². The summed E-state index contributed by atoms with van der Waals surface area (Å²) in [4.78, 5) is 0. The summed E-state index contributed by atoms with van der Waals surface area (Å²) in [5.74, 6) is 0. The second kappa shape index (κ2) is 12.2. The summed E-state index contributed by atoms with van der Waals surface area (Å²) in [6, 6.07) is 71.3. The van der Waals surface area contributed by atoms with Crippen molar-refractivity contribution in [2.24, 2.45) is 0 Å². The smallest absolute Gasteiger partial charge is 0.0355 e. The van der Waals surface area contributed by atoms with E-state index >= 15 is 0 Å². The summed E-state index contributed by atoms with van der Waals surface area (Å²) >= 11 is 1.87. The van der Waals surface area contributed by atoms with Gasteiger partial charge in [-0.15, -0.1) is 11.3 Å². The Labute approximate surface area is 301 Å². The summed E-state index contributed by atoms with van der Waals surface area (Å²) in [5.41, 5.74) is 12.3. The van der Waals surface area contributed by atoms with Gasteiger partial charge >= 0.3 is 0 Å². The average Bonchev–Trinajstić information content (AvgIpc) is 3.58. The van der Waals surface area contributed by atoms with Crippen molar-refractivity contribution < 1.29 is 0 Å². The molecule has 0 unspecified atom stereocenters. The summed E-state index contributed by atoms with van der Waals surface area (Å²) in [7, 11) is 0. The molecule has 1 aromatic heterocycles. The highest BCUT2D eigenvalue weighted by Crippen LogP contribution is 2.45. The maximum Gasteiger partial charge on any atom is 0.0355 e. The maximum atomic E-state index is 2.42. The lowest BCUT2D eigenvalue weighted by Crippen LogP contribution is -1.92. The van der Waals surface area contributed by atoms with Crippen LogP contribution >= 0.6 is 11.3 Å². The predicted octanol–water partition coefficient (Wildman–Crippen LogP) is 14.7. The molecule has 0 amide bonds. The first-order valence-electron chi connectivity index (χ1n) is 17.5. The summed E-state index contributed by atoms with van der Waals surface area (Å²) in [6.45, 7) is 0. The van der Waals surface area contributed by atoms with E-state index in [9.17, 15) is 0 Å². The molecule has 1 heteroatoms. The van der Waals surface area contributed by atoms with Gasteiger partial charge in [0, 0.05) is 20.2 Å². The molecule has 51 heavy (non-hydrogen) atoms. The molecule has 238 valence electrons. The minimum atomic E-state index is 1.21. The fourth-order valence-electron chi connectivity index (χ4n) is 7.85. The molecule has 0 atom stereocenters. The molecule has 0 fully saturated rings. The van der Waals surface area contributed by atoms with Crippen LogP contribution in [0.2, 0.25) is 0 Å². The second-order valence-electron chi connectivity index (χ2n) is 13.3. The van der Waals surface area contributed by atoms with Crippen LogP contribution in [0.3, 0.4) is 0 Å². The van der Waals surface area contributed by atoms with E-state index in [2.05, 4.69) is 194 Å². The van der Waals surface area contributed by atoms with Crippen molar-refractivity contribution in [3.8, 4) is 55.6 Å². The molecule has 0 aliphatic heterocycles. The van der Waals surface area contributed by atoms with Gasteiger partial charge in [-0.3, -0.25) is 0 Å². The molecule has 0 saturated heterocycles. The van der Waals surface area contributed by atoms with Gasteiger partial charge in [0.15, 0.2) is 0 Å². The Morgan fingerprint density at radius 1 is 0.216 bits per heavy atom. The molecule has 10 rings (SSSR count). The van der Waals surface area contributed by atoms with Crippen LogP contribution in [0.15, 0.2) is 194 Å². The van der Waals surface area contributed by atoms with Crippen LogP contribution in [0.5, 0.6) is 0 Å². The third-order valence-corrected chi connectivity index (χ3v) is 11.4. The fourth-order valence-corrected chi connectivity index (χ4v) is 8.94. The van der Waals surface area contributed by atoms with Gasteiger partial charge in [-0.1, -0.05) is 158 Å². The summed E-state index contributed by atoms with van der Waals surface area (Å²) in [6.07, 6.45) is 0. The monoisotopic (exact) mass is 664 g/mol. The molecule has 0 bridgehead atoms. The van der Waals surface area contributed by atoms with Crippen molar-refractivity contribution in [2.75, 3.05) is 0 Å². The topological polar surface area (TPSA) is 0 Å². The molecule has 9 aromatic carbocycles. The Morgan fingerprint density at radius 3 is 1.35 bits per heavy atom. The van der Waals surface area contributed by atoms with E-state index in [1.807, 2.05) is 11.3 Å². The van der Waals surface area contributed by atoms with Crippen LogP contribution < -0.4 is 0 Å². The third-order valence-electron chi connectivity index (χ3n) is 10.3. The molecular formula is C50H32S. The van der Waals surface area contributed by atoms with E-state index in [1.165, 1.54) is 97.4 Å². The molecule has 0 N–H and O–H groups in total. The molecule has 0 saturated carbocycles. The first-order chi connectivity index (χ1) is 25.3. The zero-order valence-electron chi connectivity index (χ0n) is 27.9. The van der Waals surface area contributed by atoms with Gasteiger partial charge in [0.2, 0.25) is 0 Å². The molecular weight excluding hydrogens is 633 g/mol. The lowest BCUT2D eigenvalue weighted by atomic mass is 9.84. The molecule has 0 radical (unpaired) electrons. The van der Waals surface area contributed by atoms with Crippen LogP contribution in [0, 0.1) is 0 Å². The van der Waals surface area contributed by atoms with Crippen LogP contribution in [0.25, 0.3) is 97.4 Å². The normalized spacial score (nSPS) is 11.5. The number of hydrogen-bond donors (Lipinski definition) is 0. The summed E-state index contributed by atoms with van der Waals surface area (Å²) < 4.78 is 2.67. The van der Waals surface area contributed by atoms with E-state index < -0.39 is 0 Å². The van der Waals surface area contributed by atoms with Crippen molar-refractivity contribution in [1.29, 1.82) is 0 Å². The number of benzene rings is 9. The minimum absolute atomic E-state index is 1.21. The first kappa shape index (κ1) is 29.6. The molecule has 1 heterocycles. The second-order valence-corrected chi connectivity index (χ2v) is 14.3. The lowest BCUT2D eigenvalue weighted by molar-refractivity contribution is 1.60. The number of fused-ring (bicyclic) bond motifs is 5. The number of thiophene rings is 1. The molecule has 0 spiro atoms. The first-order valence-corrected chi connectivity index (χ1v) is 18.3. The van der Waals surface area contributed by atoms with Gasteiger partial charge in [0.1, 0.15) is 0 Å². The number of hydrogen-bond acceptors (Lipinski definition) is 1. The van der Waals surface area contributed by atoms with Gasteiger partial charge in [-0.2, -0.15) is 0 Å². The lowest BCUT2D eigenvalue weighted by Gasteiger charge is -2.19. The third kappa shape index (κ3) is 5.14. The van der Waals surface area contributed by atoms with Crippen LogP contribution in [0.4, 0.5) is 0 Å². The zero-order chi connectivity index (χ0) is 33.7. The van der Waals surface area contributed by atoms with E-state index in [0.717, 1.165) is 0 Å². The van der Waals surface area contributed by atoms with Crippen LogP contribution in [0.1, 0.15) is 0 Å². The Morgan fingerprint density at radius 2 is 0.647 bits per heavy atom. The highest BCUT2D eigenvalue weighted by molar-refractivity contribution is 7.25. The van der Waals surface area contributed by atoms with Crippen molar-refractivity contribution in [2.45, 2.75) is 0 Å². The highest BCUT2D eigenvalue weighted by atomic mass is 32.1. The summed E-state index contributed by atoms with van der Waals surface area (Å²) in [5, 5.41) is 7.70. The van der Waals surface area contributed by atoms with Crippen molar-refractivity contribution in [3.05, 3.63) is 194 Å². The minimum Gasteiger partial charge on any atom is -0.135 e. The van der Waals surface area contributed by atoms with E-state index in [1.54, 1.807) is 0 Å². The van der Waals surface area contributed by atoms with Gasteiger partial charge in [-0.25, -0.2) is 0 Å². The van der Waals surface area contributed by atoms with Gasteiger partial charge in [-0.05, 0) is 114 Å². The Bertz CT molecular complexity index is 2900.